The van der Waals surface area contributed by atoms with Crippen molar-refractivity contribution >= 4 is 33.7 Å². The minimum atomic E-state index is -0.115. The first-order valence-electron chi connectivity index (χ1n) is 7.47. The molecule has 0 spiro atoms. The van der Waals surface area contributed by atoms with Crippen LogP contribution in [-0.4, -0.2) is 16.1 Å². The molecule has 1 amide bonds. The number of carbonyl (C=O) groups is 1. The highest BCUT2D eigenvalue weighted by atomic mass is 32.1. The van der Waals surface area contributed by atoms with Crippen LogP contribution >= 0.6 is 22.7 Å². The van der Waals surface area contributed by atoms with Crippen LogP contribution in [0.15, 0.2) is 36.4 Å². The van der Waals surface area contributed by atoms with Gasteiger partial charge in [0.15, 0.2) is 0 Å². The van der Waals surface area contributed by atoms with Crippen molar-refractivity contribution in [1.82, 2.24) is 10.2 Å². The van der Waals surface area contributed by atoms with Crippen molar-refractivity contribution in [3.63, 3.8) is 0 Å². The minimum absolute atomic E-state index is 0.115. The van der Waals surface area contributed by atoms with Crippen molar-refractivity contribution in [1.29, 1.82) is 0 Å². The third-order valence-corrected chi connectivity index (χ3v) is 5.41. The zero-order valence-electron chi connectivity index (χ0n) is 13.0. The van der Waals surface area contributed by atoms with Crippen LogP contribution in [0.4, 0.5) is 5.13 Å². The summed E-state index contributed by atoms with van der Waals surface area (Å²) in [6, 6.07) is 11.8. The number of benzene rings is 1. The summed E-state index contributed by atoms with van der Waals surface area (Å²) in [4.78, 5) is 14.3. The molecule has 118 valence electrons. The fraction of sp³-hybridized carbons (Fsp3) is 0.235. The molecule has 2 aromatic heterocycles. The molecule has 0 unspecified atom stereocenters. The molecule has 0 aliphatic rings. The fourth-order valence-corrected chi connectivity index (χ4v) is 3.99. The molecule has 0 atom stereocenters. The molecule has 6 heteroatoms. The van der Waals surface area contributed by atoms with Gasteiger partial charge in [-0.3, -0.25) is 10.1 Å². The number of aryl methyl sites for hydroxylation is 2. The van der Waals surface area contributed by atoms with Gasteiger partial charge in [-0.15, -0.1) is 21.5 Å². The van der Waals surface area contributed by atoms with Crippen molar-refractivity contribution in [2.24, 2.45) is 0 Å². The van der Waals surface area contributed by atoms with Crippen LogP contribution in [0, 0.1) is 6.92 Å². The maximum atomic E-state index is 12.4. The molecule has 0 fully saturated rings. The predicted octanol–water partition coefficient (Wildman–Crippen LogP) is 4.78. The minimum Gasteiger partial charge on any atom is -0.296 e. The molecule has 0 aliphatic heterocycles. The maximum absolute atomic E-state index is 12.4. The number of nitrogens with zero attached hydrogens (tertiary/aromatic N) is 2. The lowest BCUT2D eigenvalue weighted by molar-refractivity contribution is 0.103. The molecule has 0 saturated heterocycles. The van der Waals surface area contributed by atoms with Crippen LogP contribution in [0.3, 0.4) is 0 Å². The molecule has 3 aromatic rings. The Hall–Kier alpha value is -2.05. The second kappa shape index (κ2) is 7.02. The molecule has 0 radical (unpaired) electrons. The van der Waals surface area contributed by atoms with E-state index in [1.165, 1.54) is 33.1 Å². The smallest absolute Gasteiger partial charge is 0.267 e. The van der Waals surface area contributed by atoms with E-state index in [1.807, 2.05) is 36.4 Å². The molecule has 0 aliphatic carbocycles. The van der Waals surface area contributed by atoms with Gasteiger partial charge in [0.1, 0.15) is 5.01 Å². The zero-order chi connectivity index (χ0) is 16.2. The van der Waals surface area contributed by atoms with E-state index in [2.05, 4.69) is 29.4 Å². The molecule has 4 nitrogen and oxygen atoms in total. The number of carbonyl (C=O) groups excluding carboxylic acids is 1. The third kappa shape index (κ3) is 3.65. The number of nitrogens with one attached hydrogen (secondary N) is 1. The lowest BCUT2D eigenvalue weighted by Gasteiger charge is -1.97. The molecule has 1 aromatic carbocycles. The van der Waals surface area contributed by atoms with E-state index in [9.17, 15) is 4.79 Å². The van der Waals surface area contributed by atoms with E-state index in [1.54, 1.807) is 0 Å². The van der Waals surface area contributed by atoms with Crippen LogP contribution in [0.25, 0.3) is 10.6 Å². The van der Waals surface area contributed by atoms with Crippen LogP contribution in [0.5, 0.6) is 0 Å². The summed E-state index contributed by atoms with van der Waals surface area (Å²) in [7, 11) is 0. The lowest BCUT2D eigenvalue weighted by Crippen LogP contribution is -2.09. The fourth-order valence-electron chi connectivity index (χ4n) is 2.28. The molecule has 0 bridgehead atoms. The summed E-state index contributed by atoms with van der Waals surface area (Å²) in [5, 5.41) is 12.4. The Morgan fingerprint density at radius 1 is 1.17 bits per heavy atom. The average molecular weight is 343 g/mol. The number of hydrogen-bond acceptors (Lipinski definition) is 5. The van der Waals surface area contributed by atoms with Crippen LogP contribution < -0.4 is 5.32 Å². The molecule has 0 saturated carbocycles. The summed E-state index contributed by atoms with van der Waals surface area (Å²) in [6.45, 7) is 4.20. The first kappa shape index (κ1) is 15.8. The molecule has 1 N–H and O–H groups in total. The Labute approximate surface area is 143 Å². The second-order valence-electron chi connectivity index (χ2n) is 5.17. The third-order valence-electron chi connectivity index (χ3n) is 3.43. The quantitative estimate of drug-likeness (QED) is 0.725. The zero-order valence-corrected chi connectivity index (χ0v) is 14.6. The van der Waals surface area contributed by atoms with E-state index in [-0.39, 0.29) is 5.91 Å². The maximum Gasteiger partial charge on any atom is 0.267 e. The first-order chi connectivity index (χ1) is 11.2. The van der Waals surface area contributed by atoms with Crippen molar-refractivity contribution in [2.75, 3.05) is 5.32 Å². The van der Waals surface area contributed by atoms with Crippen molar-refractivity contribution in [3.8, 4) is 10.6 Å². The van der Waals surface area contributed by atoms with Crippen LogP contribution in [0.1, 0.15) is 33.5 Å². The van der Waals surface area contributed by atoms with Crippen LogP contribution in [0.2, 0.25) is 0 Å². The Bertz CT molecular complexity index is 808. The summed E-state index contributed by atoms with van der Waals surface area (Å²) in [5.74, 6) is -0.115. The first-order valence-corrected chi connectivity index (χ1v) is 9.10. The number of amides is 1. The summed E-state index contributed by atoms with van der Waals surface area (Å²) >= 11 is 2.91. The highest BCUT2D eigenvalue weighted by Crippen LogP contribution is 2.28. The normalized spacial score (nSPS) is 10.7. The van der Waals surface area contributed by atoms with Gasteiger partial charge in [-0.25, -0.2) is 0 Å². The molecule has 23 heavy (non-hydrogen) atoms. The largest absolute Gasteiger partial charge is 0.296 e. The number of thiophene rings is 1. The van der Waals surface area contributed by atoms with Gasteiger partial charge in [0.05, 0.1) is 4.88 Å². The molecular formula is C17H17N3OS2. The van der Waals surface area contributed by atoms with Gasteiger partial charge in [-0.1, -0.05) is 55.0 Å². The van der Waals surface area contributed by atoms with Gasteiger partial charge in [0, 0.05) is 10.4 Å². The van der Waals surface area contributed by atoms with Crippen molar-refractivity contribution in [3.05, 3.63) is 51.7 Å². The molecular weight excluding hydrogens is 326 g/mol. The van der Waals surface area contributed by atoms with Gasteiger partial charge in [-0.05, 0) is 25.0 Å². The van der Waals surface area contributed by atoms with Gasteiger partial charge in [0.25, 0.3) is 5.91 Å². The van der Waals surface area contributed by atoms with E-state index >= 15 is 0 Å². The molecule has 3 rings (SSSR count). The Balaban J connectivity index is 1.73. The Morgan fingerprint density at radius 2 is 1.96 bits per heavy atom. The topological polar surface area (TPSA) is 54.9 Å². The van der Waals surface area contributed by atoms with Gasteiger partial charge in [0.2, 0.25) is 5.13 Å². The SMILES string of the molecule is CCCc1cc(C(=O)Nc2nnc(-c3ccccc3)s2)sc1C. The predicted molar refractivity (Wildman–Crippen MR) is 96.3 cm³/mol. The van der Waals surface area contributed by atoms with E-state index in [0.717, 1.165) is 28.3 Å². The summed E-state index contributed by atoms with van der Waals surface area (Å²) < 4.78 is 0. The monoisotopic (exact) mass is 343 g/mol. The van der Waals surface area contributed by atoms with Crippen molar-refractivity contribution in [2.45, 2.75) is 26.7 Å². The lowest BCUT2D eigenvalue weighted by atomic mass is 10.1. The highest BCUT2D eigenvalue weighted by molar-refractivity contribution is 7.18. The highest BCUT2D eigenvalue weighted by Gasteiger charge is 2.15. The average Bonchev–Trinajstić information content (AvgIpc) is 3.16. The van der Waals surface area contributed by atoms with Gasteiger partial charge < -0.3 is 0 Å². The number of hydrogen-bond donors (Lipinski definition) is 1. The molecule has 2 heterocycles. The Morgan fingerprint density at radius 3 is 2.70 bits per heavy atom. The Kier molecular flexibility index (Phi) is 4.83. The van der Waals surface area contributed by atoms with Gasteiger partial charge >= 0.3 is 0 Å². The number of rotatable bonds is 5. The van der Waals surface area contributed by atoms with Crippen LogP contribution in [-0.2, 0) is 6.42 Å². The standard InChI is InChI=1S/C17H17N3OS2/c1-3-7-13-10-14(22-11(13)2)15(21)18-17-20-19-16(23-17)12-8-5-4-6-9-12/h4-6,8-10H,3,7H2,1-2H3,(H,18,20,21). The number of anilines is 1. The van der Waals surface area contributed by atoms with E-state index in [0.29, 0.717) is 5.13 Å². The van der Waals surface area contributed by atoms with Gasteiger partial charge in [-0.2, -0.15) is 0 Å². The number of aromatic nitrogens is 2. The summed E-state index contributed by atoms with van der Waals surface area (Å²) in [5.41, 5.74) is 2.26. The van der Waals surface area contributed by atoms with E-state index in [4.69, 9.17) is 0 Å². The van der Waals surface area contributed by atoms with E-state index < -0.39 is 0 Å². The summed E-state index contributed by atoms with van der Waals surface area (Å²) in [6.07, 6.45) is 2.09. The second-order valence-corrected chi connectivity index (χ2v) is 7.41. The van der Waals surface area contributed by atoms with Crippen molar-refractivity contribution < 1.29 is 4.79 Å².